The van der Waals surface area contributed by atoms with Crippen LogP contribution in [0.4, 0.5) is 11.8 Å². The van der Waals surface area contributed by atoms with E-state index in [9.17, 15) is 0 Å². The lowest BCUT2D eigenvalue weighted by molar-refractivity contribution is 0.490. The van der Waals surface area contributed by atoms with Crippen molar-refractivity contribution in [2.24, 2.45) is 5.84 Å². The summed E-state index contributed by atoms with van der Waals surface area (Å²) in [5.74, 6) is 7.68. The third-order valence-electron chi connectivity index (χ3n) is 2.10. The summed E-state index contributed by atoms with van der Waals surface area (Å²) < 4.78 is 5.41. The molecule has 0 saturated heterocycles. The van der Waals surface area contributed by atoms with Crippen LogP contribution in [0.2, 0.25) is 5.02 Å². The van der Waals surface area contributed by atoms with Gasteiger partial charge in [-0.05, 0) is 19.1 Å². The van der Waals surface area contributed by atoms with Gasteiger partial charge in [-0.15, -0.1) is 0 Å². The minimum Gasteiger partial charge on any atom is -0.465 e. The van der Waals surface area contributed by atoms with Crippen molar-refractivity contribution in [2.45, 2.75) is 13.5 Å². The van der Waals surface area contributed by atoms with Gasteiger partial charge < -0.3 is 9.73 Å². The van der Waals surface area contributed by atoms with Gasteiger partial charge >= 0.3 is 0 Å². The lowest BCUT2D eigenvalue weighted by Gasteiger charge is -2.06. The highest BCUT2D eigenvalue weighted by atomic mass is 35.5. The molecule has 0 saturated carbocycles. The fraction of sp³-hybridized carbons (Fsp3) is 0.200. The molecule has 90 valence electrons. The first-order chi connectivity index (χ1) is 8.19. The summed E-state index contributed by atoms with van der Waals surface area (Å²) in [7, 11) is 0. The highest BCUT2D eigenvalue weighted by Crippen LogP contribution is 2.20. The van der Waals surface area contributed by atoms with Crippen LogP contribution in [0, 0.1) is 6.92 Å². The summed E-state index contributed by atoms with van der Waals surface area (Å²) in [5, 5.41) is 3.47. The number of aromatic nitrogens is 2. The Labute approximate surface area is 103 Å². The van der Waals surface area contributed by atoms with Crippen molar-refractivity contribution in [3.8, 4) is 0 Å². The van der Waals surface area contributed by atoms with Crippen molar-refractivity contribution < 1.29 is 4.42 Å². The van der Waals surface area contributed by atoms with E-state index in [4.69, 9.17) is 21.9 Å². The Balaban J connectivity index is 2.07. The quantitative estimate of drug-likeness (QED) is 0.570. The Bertz CT molecular complexity index is 513. The molecule has 0 aliphatic rings. The SMILES string of the molecule is Cc1ccc(CNc2nc(NN)ncc2Cl)o1. The van der Waals surface area contributed by atoms with Crippen LogP contribution in [0.5, 0.6) is 0 Å². The Morgan fingerprint density at radius 2 is 2.29 bits per heavy atom. The number of furan rings is 1. The van der Waals surface area contributed by atoms with Crippen LogP contribution >= 0.6 is 11.6 Å². The molecule has 0 aliphatic heterocycles. The van der Waals surface area contributed by atoms with Crippen LogP contribution in [-0.4, -0.2) is 9.97 Å². The fourth-order valence-corrected chi connectivity index (χ4v) is 1.47. The van der Waals surface area contributed by atoms with Gasteiger partial charge in [0, 0.05) is 0 Å². The summed E-state index contributed by atoms with van der Waals surface area (Å²) in [5.41, 5.74) is 2.35. The zero-order chi connectivity index (χ0) is 12.3. The molecule has 0 aliphatic carbocycles. The van der Waals surface area contributed by atoms with Crippen LogP contribution in [0.15, 0.2) is 22.7 Å². The van der Waals surface area contributed by atoms with Gasteiger partial charge in [0.2, 0.25) is 5.95 Å². The second-order valence-electron chi connectivity index (χ2n) is 3.40. The summed E-state index contributed by atoms with van der Waals surface area (Å²) in [6.07, 6.45) is 1.47. The second kappa shape index (κ2) is 5.03. The van der Waals surface area contributed by atoms with E-state index in [0.29, 0.717) is 23.3 Å². The van der Waals surface area contributed by atoms with Crippen LogP contribution in [0.25, 0.3) is 0 Å². The van der Waals surface area contributed by atoms with E-state index in [1.54, 1.807) is 0 Å². The third-order valence-corrected chi connectivity index (χ3v) is 2.38. The molecule has 6 nitrogen and oxygen atoms in total. The lowest BCUT2D eigenvalue weighted by atomic mass is 10.4. The molecule has 0 unspecified atom stereocenters. The molecule has 2 aromatic heterocycles. The summed E-state index contributed by atoms with van der Waals surface area (Å²) in [4.78, 5) is 7.95. The second-order valence-corrected chi connectivity index (χ2v) is 3.81. The topological polar surface area (TPSA) is 89.0 Å². The molecule has 0 radical (unpaired) electrons. The Morgan fingerprint density at radius 1 is 1.47 bits per heavy atom. The number of nitrogen functional groups attached to an aromatic ring is 1. The average molecular weight is 254 g/mol. The van der Waals surface area contributed by atoms with Crippen molar-refractivity contribution in [2.75, 3.05) is 10.7 Å². The molecule has 17 heavy (non-hydrogen) atoms. The molecule has 2 aromatic rings. The number of anilines is 2. The standard InChI is InChI=1S/C10H12ClN5O/c1-6-2-3-7(17-6)4-13-9-8(11)5-14-10(15-9)16-12/h2-3,5H,4,12H2,1H3,(H2,13,14,15,16). The Kier molecular flexibility index (Phi) is 3.46. The normalized spacial score (nSPS) is 10.3. The molecule has 0 amide bonds. The highest BCUT2D eigenvalue weighted by molar-refractivity contribution is 6.32. The molecule has 0 aromatic carbocycles. The third kappa shape index (κ3) is 2.86. The minimum absolute atomic E-state index is 0.299. The first-order valence-corrected chi connectivity index (χ1v) is 5.35. The van der Waals surface area contributed by atoms with Crippen molar-refractivity contribution in [1.82, 2.24) is 9.97 Å². The van der Waals surface area contributed by atoms with E-state index < -0.39 is 0 Å². The van der Waals surface area contributed by atoms with Crippen molar-refractivity contribution in [3.05, 3.63) is 34.9 Å². The zero-order valence-corrected chi connectivity index (χ0v) is 9.95. The molecule has 2 rings (SSSR count). The van der Waals surface area contributed by atoms with Gasteiger partial charge in [-0.3, -0.25) is 5.43 Å². The predicted octanol–water partition coefficient (Wildman–Crippen LogP) is 1.93. The molecule has 0 fully saturated rings. The van der Waals surface area contributed by atoms with Crippen molar-refractivity contribution in [1.29, 1.82) is 0 Å². The van der Waals surface area contributed by atoms with E-state index in [1.165, 1.54) is 6.20 Å². The van der Waals surface area contributed by atoms with Gasteiger partial charge in [0.1, 0.15) is 16.5 Å². The molecule has 0 spiro atoms. The molecular weight excluding hydrogens is 242 g/mol. The minimum atomic E-state index is 0.299. The number of nitrogens with one attached hydrogen (secondary N) is 2. The zero-order valence-electron chi connectivity index (χ0n) is 9.20. The largest absolute Gasteiger partial charge is 0.465 e. The summed E-state index contributed by atoms with van der Waals surface area (Å²) in [6, 6.07) is 3.78. The maximum Gasteiger partial charge on any atom is 0.239 e. The van der Waals surface area contributed by atoms with Gasteiger partial charge in [-0.1, -0.05) is 11.6 Å². The molecule has 2 heterocycles. The van der Waals surface area contributed by atoms with Crippen molar-refractivity contribution in [3.63, 3.8) is 0 Å². The number of hydrazine groups is 1. The molecule has 0 bridgehead atoms. The first-order valence-electron chi connectivity index (χ1n) is 4.97. The van der Waals surface area contributed by atoms with E-state index >= 15 is 0 Å². The first kappa shape index (κ1) is 11.7. The number of nitrogens with two attached hydrogens (primary N) is 1. The van der Waals surface area contributed by atoms with Crippen LogP contribution < -0.4 is 16.6 Å². The van der Waals surface area contributed by atoms with Gasteiger partial charge in [0.15, 0.2) is 5.82 Å². The summed E-state index contributed by atoms with van der Waals surface area (Å²) >= 11 is 5.94. The number of hydrogen-bond donors (Lipinski definition) is 3. The highest BCUT2D eigenvalue weighted by Gasteiger charge is 2.05. The van der Waals surface area contributed by atoms with E-state index in [0.717, 1.165) is 11.5 Å². The van der Waals surface area contributed by atoms with E-state index in [1.807, 2.05) is 19.1 Å². The number of hydrogen-bond acceptors (Lipinski definition) is 6. The fourth-order valence-electron chi connectivity index (χ4n) is 1.31. The summed E-state index contributed by atoms with van der Waals surface area (Å²) in [6.45, 7) is 2.38. The number of nitrogens with zero attached hydrogens (tertiary/aromatic N) is 2. The van der Waals surface area contributed by atoms with Crippen LogP contribution in [-0.2, 0) is 6.54 Å². The number of halogens is 1. The smallest absolute Gasteiger partial charge is 0.239 e. The maximum absolute atomic E-state index is 5.94. The number of rotatable bonds is 4. The van der Waals surface area contributed by atoms with Crippen LogP contribution in [0.1, 0.15) is 11.5 Å². The van der Waals surface area contributed by atoms with Crippen molar-refractivity contribution >= 4 is 23.4 Å². The molecule has 4 N–H and O–H groups in total. The van der Waals surface area contributed by atoms with Gasteiger partial charge in [-0.2, -0.15) is 4.98 Å². The monoisotopic (exact) mass is 253 g/mol. The van der Waals surface area contributed by atoms with Crippen LogP contribution in [0.3, 0.4) is 0 Å². The van der Waals surface area contributed by atoms with Gasteiger partial charge in [-0.25, -0.2) is 10.8 Å². The molecular formula is C10H12ClN5O. The molecule has 7 heteroatoms. The maximum atomic E-state index is 5.94. The van der Waals surface area contributed by atoms with Gasteiger partial charge in [0.05, 0.1) is 12.7 Å². The Hall–Kier alpha value is -1.79. The van der Waals surface area contributed by atoms with E-state index in [2.05, 4.69) is 20.7 Å². The van der Waals surface area contributed by atoms with E-state index in [-0.39, 0.29) is 0 Å². The van der Waals surface area contributed by atoms with Gasteiger partial charge in [0.25, 0.3) is 0 Å². The Morgan fingerprint density at radius 3 is 2.94 bits per heavy atom. The average Bonchev–Trinajstić information content (AvgIpc) is 2.74. The predicted molar refractivity (Wildman–Crippen MR) is 65.6 cm³/mol. The molecule has 0 atom stereocenters. The number of aryl methyl sites for hydroxylation is 1. The lowest BCUT2D eigenvalue weighted by Crippen LogP contribution is -2.12.